The number of halogens is 3. The van der Waals surface area contributed by atoms with Crippen molar-refractivity contribution in [1.82, 2.24) is 0 Å². The SMILES string of the molecule is O=S(=O)(O)C(F)(F)F.c1ccc(SC2CCCCC2)cc1. The summed E-state index contributed by atoms with van der Waals surface area (Å²) in [6.45, 7) is 0. The van der Waals surface area contributed by atoms with Gasteiger partial charge in [-0.25, -0.2) is 0 Å². The molecule has 1 fully saturated rings. The van der Waals surface area contributed by atoms with Gasteiger partial charge in [0.2, 0.25) is 0 Å². The Morgan fingerprint density at radius 2 is 1.52 bits per heavy atom. The van der Waals surface area contributed by atoms with E-state index < -0.39 is 15.6 Å². The second kappa shape index (κ2) is 8.05. The Morgan fingerprint density at radius 1 is 1.05 bits per heavy atom. The van der Waals surface area contributed by atoms with Gasteiger partial charge in [0.05, 0.1) is 0 Å². The minimum absolute atomic E-state index is 0.885. The lowest BCUT2D eigenvalue weighted by Crippen LogP contribution is -2.21. The minimum Gasteiger partial charge on any atom is -0.279 e. The van der Waals surface area contributed by atoms with Crippen LogP contribution in [0.3, 0.4) is 0 Å². The average Bonchev–Trinajstić information content (AvgIpc) is 2.39. The molecule has 0 atom stereocenters. The molecule has 3 nitrogen and oxygen atoms in total. The van der Waals surface area contributed by atoms with Gasteiger partial charge in [-0.15, -0.1) is 11.8 Å². The summed E-state index contributed by atoms with van der Waals surface area (Å²) in [7, 11) is -5.84. The maximum absolute atomic E-state index is 10.7. The highest BCUT2D eigenvalue weighted by atomic mass is 32.2. The van der Waals surface area contributed by atoms with Crippen LogP contribution >= 0.6 is 11.8 Å². The van der Waals surface area contributed by atoms with Gasteiger partial charge in [-0.1, -0.05) is 37.5 Å². The molecule has 0 aliphatic heterocycles. The fourth-order valence-corrected chi connectivity index (χ4v) is 3.14. The fraction of sp³-hybridized carbons (Fsp3) is 0.538. The van der Waals surface area contributed by atoms with Crippen LogP contribution in [-0.4, -0.2) is 23.7 Å². The zero-order valence-electron chi connectivity index (χ0n) is 11.2. The molecule has 0 heterocycles. The van der Waals surface area contributed by atoms with Gasteiger partial charge in [-0.2, -0.15) is 21.6 Å². The third-order valence-electron chi connectivity index (χ3n) is 2.89. The zero-order chi connectivity index (χ0) is 15.9. The lowest BCUT2D eigenvalue weighted by Gasteiger charge is -2.20. The molecule has 120 valence electrons. The smallest absolute Gasteiger partial charge is 0.279 e. The average molecular weight is 342 g/mol. The van der Waals surface area contributed by atoms with Crippen LogP contribution in [0.15, 0.2) is 35.2 Å². The molecule has 21 heavy (non-hydrogen) atoms. The molecular formula is C13H17F3O3S2. The van der Waals surface area contributed by atoms with Gasteiger partial charge in [0, 0.05) is 10.1 Å². The van der Waals surface area contributed by atoms with E-state index in [0.29, 0.717) is 0 Å². The summed E-state index contributed by atoms with van der Waals surface area (Å²) in [5.74, 6) is 0. The van der Waals surface area contributed by atoms with Crippen molar-refractivity contribution in [3.8, 4) is 0 Å². The first kappa shape index (κ1) is 18.3. The maximum atomic E-state index is 10.7. The van der Waals surface area contributed by atoms with Crippen LogP contribution in [0.1, 0.15) is 32.1 Å². The van der Waals surface area contributed by atoms with Crippen LogP contribution in [0.25, 0.3) is 0 Å². The van der Waals surface area contributed by atoms with E-state index >= 15 is 0 Å². The molecular weight excluding hydrogens is 325 g/mol. The van der Waals surface area contributed by atoms with E-state index in [9.17, 15) is 13.2 Å². The highest BCUT2D eigenvalue weighted by Crippen LogP contribution is 2.33. The van der Waals surface area contributed by atoms with Gasteiger partial charge in [0.15, 0.2) is 0 Å². The predicted octanol–water partition coefficient (Wildman–Crippen LogP) is 4.51. The summed E-state index contributed by atoms with van der Waals surface area (Å²) in [4.78, 5) is 1.44. The summed E-state index contributed by atoms with van der Waals surface area (Å²) in [6.07, 6.45) is 7.15. The second-order valence-electron chi connectivity index (χ2n) is 4.61. The third kappa shape index (κ3) is 7.19. The standard InChI is InChI=1S/C12H16S.CHF3O3S/c1-3-7-11(8-4-1)13-12-9-5-2-6-10-12;2-1(3,4)8(5,6)7/h1,3-4,7-8,12H,2,5-6,9-10H2;(H,5,6,7). The third-order valence-corrected chi connectivity index (χ3v) is 4.82. The number of thioether (sulfide) groups is 1. The molecule has 1 saturated carbocycles. The van der Waals surface area contributed by atoms with E-state index in [4.69, 9.17) is 13.0 Å². The fourth-order valence-electron chi connectivity index (χ4n) is 1.87. The monoisotopic (exact) mass is 342 g/mol. The van der Waals surface area contributed by atoms with Crippen molar-refractivity contribution in [2.24, 2.45) is 0 Å². The number of benzene rings is 1. The first-order chi connectivity index (χ1) is 9.70. The van der Waals surface area contributed by atoms with E-state index in [1.54, 1.807) is 0 Å². The van der Waals surface area contributed by atoms with Crippen molar-refractivity contribution in [3.63, 3.8) is 0 Å². The number of hydrogen-bond acceptors (Lipinski definition) is 3. The number of hydrogen-bond donors (Lipinski definition) is 1. The number of alkyl halides is 3. The van der Waals surface area contributed by atoms with E-state index in [2.05, 4.69) is 42.1 Å². The molecule has 0 bridgehead atoms. The first-order valence-electron chi connectivity index (χ1n) is 6.45. The highest BCUT2D eigenvalue weighted by molar-refractivity contribution is 8.00. The molecule has 1 aromatic carbocycles. The molecule has 8 heteroatoms. The Morgan fingerprint density at radius 3 is 1.95 bits per heavy atom. The van der Waals surface area contributed by atoms with Crippen LogP contribution in [-0.2, 0) is 10.1 Å². The zero-order valence-corrected chi connectivity index (χ0v) is 12.8. The van der Waals surface area contributed by atoms with E-state index in [-0.39, 0.29) is 0 Å². The van der Waals surface area contributed by atoms with Crippen LogP contribution in [0.2, 0.25) is 0 Å². The lowest BCUT2D eigenvalue weighted by atomic mass is 10.0. The normalized spacial score (nSPS) is 17.0. The van der Waals surface area contributed by atoms with Crippen molar-refractivity contribution < 1.29 is 26.1 Å². The Balaban J connectivity index is 0.000000240. The molecule has 0 saturated heterocycles. The molecule has 0 radical (unpaired) electrons. The van der Waals surface area contributed by atoms with Crippen molar-refractivity contribution >= 4 is 21.9 Å². The van der Waals surface area contributed by atoms with Gasteiger partial charge in [-0.3, -0.25) is 4.55 Å². The lowest BCUT2D eigenvalue weighted by molar-refractivity contribution is -0.0510. The Hall–Kier alpha value is -0.730. The maximum Gasteiger partial charge on any atom is 0.522 e. The summed E-state index contributed by atoms with van der Waals surface area (Å²) >= 11 is 2.06. The Kier molecular flexibility index (Phi) is 7.02. The molecule has 1 aliphatic carbocycles. The van der Waals surface area contributed by atoms with E-state index in [1.807, 2.05) is 0 Å². The highest BCUT2D eigenvalue weighted by Gasteiger charge is 2.44. The van der Waals surface area contributed by atoms with Crippen LogP contribution in [0.5, 0.6) is 0 Å². The molecule has 0 aromatic heterocycles. The van der Waals surface area contributed by atoms with E-state index in [1.165, 1.54) is 37.0 Å². The Labute approximate surface area is 126 Å². The van der Waals surface area contributed by atoms with Crippen LogP contribution in [0, 0.1) is 0 Å². The van der Waals surface area contributed by atoms with Crippen molar-refractivity contribution in [1.29, 1.82) is 0 Å². The molecule has 0 amide bonds. The summed E-state index contributed by atoms with van der Waals surface area (Å²) in [5, 5.41) is 0.885. The van der Waals surface area contributed by atoms with Crippen molar-refractivity contribution in [2.75, 3.05) is 0 Å². The predicted molar refractivity (Wildman–Crippen MR) is 76.8 cm³/mol. The van der Waals surface area contributed by atoms with Gasteiger partial charge >= 0.3 is 15.6 Å². The van der Waals surface area contributed by atoms with Crippen LogP contribution in [0.4, 0.5) is 13.2 Å². The van der Waals surface area contributed by atoms with Gasteiger partial charge in [-0.05, 0) is 25.0 Å². The van der Waals surface area contributed by atoms with Gasteiger partial charge < -0.3 is 0 Å². The molecule has 1 aliphatic rings. The molecule has 1 N–H and O–H groups in total. The van der Waals surface area contributed by atoms with Crippen molar-refractivity contribution in [3.05, 3.63) is 30.3 Å². The summed E-state index contributed by atoms with van der Waals surface area (Å²) in [6, 6.07) is 10.8. The molecule has 0 unspecified atom stereocenters. The quantitative estimate of drug-likeness (QED) is 0.635. The largest absolute Gasteiger partial charge is 0.522 e. The minimum atomic E-state index is -5.84. The van der Waals surface area contributed by atoms with Gasteiger partial charge in [0.25, 0.3) is 0 Å². The summed E-state index contributed by atoms with van der Waals surface area (Å²) < 4.78 is 57.5. The van der Waals surface area contributed by atoms with Gasteiger partial charge in [0.1, 0.15) is 0 Å². The number of rotatable bonds is 2. The van der Waals surface area contributed by atoms with Crippen molar-refractivity contribution in [2.45, 2.75) is 47.8 Å². The topological polar surface area (TPSA) is 54.4 Å². The van der Waals surface area contributed by atoms with E-state index in [0.717, 1.165) is 5.25 Å². The summed E-state index contributed by atoms with van der Waals surface area (Å²) in [5.41, 5.74) is -5.53. The second-order valence-corrected chi connectivity index (χ2v) is 7.40. The molecule has 0 spiro atoms. The van der Waals surface area contributed by atoms with Crippen LogP contribution < -0.4 is 0 Å². The first-order valence-corrected chi connectivity index (χ1v) is 8.77. The molecule has 2 rings (SSSR count). The molecule has 1 aromatic rings. The Bertz CT molecular complexity index is 509.